The van der Waals surface area contributed by atoms with E-state index in [1.165, 1.54) is 43.5 Å². The molecule has 1 aromatic carbocycles. The molecule has 1 N–H and O–H groups in total. The van der Waals surface area contributed by atoms with Crippen LogP contribution in [0.4, 0.5) is 0 Å². The number of nitrogens with zero attached hydrogens (tertiary/aromatic N) is 1. The van der Waals surface area contributed by atoms with Crippen LogP contribution >= 0.6 is 0 Å². The van der Waals surface area contributed by atoms with E-state index in [1.54, 1.807) is 7.11 Å². The molecule has 0 aromatic heterocycles. The molecule has 0 amide bonds. The Morgan fingerprint density at radius 3 is 2.58 bits per heavy atom. The summed E-state index contributed by atoms with van der Waals surface area (Å²) in [6.07, 6.45) is 4.15. The Kier molecular flexibility index (Phi) is 4.16. The van der Waals surface area contributed by atoms with E-state index in [0.717, 1.165) is 12.6 Å². The van der Waals surface area contributed by atoms with Crippen LogP contribution in [0.1, 0.15) is 30.4 Å². The van der Waals surface area contributed by atoms with Crippen molar-refractivity contribution < 1.29 is 4.74 Å². The zero-order valence-corrected chi connectivity index (χ0v) is 11.8. The van der Waals surface area contributed by atoms with Gasteiger partial charge in [-0.3, -0.25) is 4.90 Å². The van der Waals surface area contributed by atoms with Crippen molar-refractivity contribution in [1.82, 2.24) is 10.2 Å². The van der Waals surface area contributed by atoms with E-state index in [2.05, 4.69) is 34.5 Å². The van der Waals surface area contributed by atoms with E-state index in [1.807, 2.05) is 0 Å². The van der Waals surface area contributed by atoms with E-state index in [9.17, 15) is 0 Å². The molecular formula is C16H24N2O. The number of ether oxygens (including phenoxy) is 1. The first-order valence-electron chi connectivity index (χ1n) is 7.39. The quantitative estimate of drug-likeness (QED) is 0.848. The van der Waals surface area contributed by atoms with Crippen LogP contribution < -0.4 is 5.32 Å². The second-order valence-corrected chi connectivity index (χ2v) is 5.84. The second-order valence-electron chi connectivity index (χ2n) is 5.84. The van der Waals surface area contributed by atoms with Gasteiger partial charge in [0.25, 0.3) is 0 Å². The van der Waals surface area contributed by atoms with Crippen molar-refractivity contribution in [3.8, 4) is 0 Å². The predicted octanol–water partition coefficient (Wildman–Crippen LogP) is 2.16. The molecule has 1 unspecified atom stereocenters. The third-order valence-corrected chi connectivity index (χ3v) is 4.21. The van der Waals surface area contributed by atoms with Gasteiger partial charge in [-0.05, 0) is 30.4 Å². The first-order valence-corrected chi connectivity index (χ1v) is 7.39. The van der Waals surface area contributed by atoms with Crippen LogP contribution in [0.2, 0.25) is 0 Å². The molecular weight excluding hydrogens is 236 g/mol. The van der Waals surface area contributed by atoms with Gasteiger partial charge in [0.2, 0.25) is 0 Å². The largest absolute Gasteiger partial charge is 0.380 e. The number of hydrogen-bond acceptors (Lipinski definition) is 3. The van der Waals surface area contributed by atoms with E-state index in [0.29, 0.717) is 12.6 Å². The number of rotatable bonds is 6. The minimum atomic E-state index is 0.680. The lowest BCUT2D eigenvalue weighted by molar-refractivity contribution is 0.185. The molecule has 1 heterocycles. The normalized spacial score (nSPS) is 23.9. The molecule has 1 atom stereocenters. The smallest absolute Gasteiger partial charge is 0.0713 e. The van der Waals surface area contributed by atoms with Crippen LogP contribution in [0.5, 0.6) is 0 Å². The molecule has 1 saturated carbocycles. The molecule has 3 rings (SSSR count). The van der Waals surface area contributed by atoms with Crippen LogP contribution in [0.25, 0.3) is 0 Å². The van der Waals surface area contributed by atoms with Gasteiger partial charge in [0.1, 0.15) is 0 Å². The maximum atomic E-state index is 5.13. The molecule has 0 spiro atoms. The van der Waals surface area contributed by atoms with E-state index >= 15 is 0 Å². The minimum Gasteiger partial charge on any atom is -0.380 e. The van der Waals surface area contributed by atoms with Gasteiger partial charge in [-0.15, -0.1) is 0 Å². The van der Waals surface area contributed by atoms with Crippen molar-refractivity contribution in [2.45, 2.75) is 44.5 Å². The Bertz CT molecular complexity index is 400. The molecule has 19 heavy (non-hydrogen) atoms. The topological polar surface area (TPSA) is 24.5 Å². The summed E-state index contributed by atoms with van der Waals surface area (Å²) in [6, 6.07) is 10.3. The van der Waals surface area contributed by atoms with Gasteiger partial charge in [0.05, 0.1) is 6.61 Å². The molecule has 1 saturated heterocycles. The highest BCUT2D eigenvalue weighted by Gasteiger charge is 2.33. The van der Waals surface area contributed by atoms with Gasteiger partial charge in [0.15, 0.2) is 0 Å². The maximum Gasteiger partial charge on any atom is 0.0713 e. The van der Waals surface area contributed by atoms with Crippen molar-refractivity contribution in [3.05, 3.63) is 35.4 Å². The number of hydrogen-bond donors (Lipinski definition) is 1. The molecule has 1 aliphatic heterocycles. The van der Waals surface area contributed by atoms with Crippen molar-refractivity contribution in [1.29, 1.82) is 0 Å². The predicted molar refractivity (Wildman–Crippen MR) is 77.0 cm³/mol. The summed E-state index contributed by atoms with van der Waals surface area (Å²) < 4.78 is 5.13. The third-order valence-electron chi connectivity index (χ3n) is 4.21. The fraction of sp³-hybridized carbons (Fsp3) is 0.625. The number of nitrogens with one attached hydrogen (secondary N) is 1. The fourth-order valence-electron chi connectivity index (χ4n) is 2.91. The van der Waals surface area contributed by atoms with E-state index < -0.39 is 0 Å². The Morgan fingerprint density at radius 2 is 1.89 bits per heavy atom. The van der Waals surface area contributed by atoms with Gasteiger partial charge in [-0.2, -0.15) is 0 Å². The lowest BCUT2D eigenvalue weighted by Crippen LogP contribution is -2.32. The number of likely N-dealkylation sites (tertiary alicyclic amines) is 1. The van der Waals surface area contributed by atoms with Crippen LogP contribution in [-0.4, -0.2) is 37.2 Å². The summed E-state index contributed by atoms with van der Waals surface area (Å²) in [5.41, 5.74) is 2.61. The van der Waals surface area contributed by atoms with Crippen LogP contribution in [0.3, 0.4) is 0 Å². The van der Waals surface area contributed by atoms with E-state index in [-0.39, 0.29) is 0 Å². The average molecular weight is 260 g/mol. The lowest BCUT2D eigenvalue weighted by atomic mass is 10.1. The Labute approximate surface area is 115 Å². The molecule has 1 aromatic rings. The van der Waals surface area contributed by atoms with Crippen LogP contribution in [-0.2, 0) is 17.9 Å². The second kappa shape index (κ2) is 6.04. The standard InChI is InChI=1S/C16H24N2O/c1-19-12-14-4-2-13(3-5-14)10-17-15-8-9-18(11-15)16-6-7-16/h2-5,15-17H,6-12H2,1H3. The van der Waals surface area contributed by atoms with Gasteiger partial charge < -0.3 is 10.1 Å². The monoisotopic (exact) mass is 260 g/mol. The van der Waals surface area contributed by atoms with Crippen molar-refractivity contribution in [2.75, 3.05) is 20.2 Å². The molecule has 3 nitrogen and oxygen atoms in total. The van der Waals surface area contributed by atoms with Crippen LogP contribution in [0, 0.1) is 0 Å². The Balaban J connectivity index is 1.44. The maximum absolute atomic E-state index is 5.13. The average Bonchev–Trinajstić information content (AvgIpc) is 3.18. The van der Waals surface area contributed by atoms with Gasteiger partial charge in [0, 0.05) is 38.8 Å². The molecule has 2 aliphatic rings. The Hall–Kier alpha value is -0.900. The van der Waals surface area contributed by atoms with Crippen molar-refractivity contribution in [2.24, 2.45) is 0 Å². The summed E-state index contributed by atoms with van der Waals surface area (Å²) >= 11 is 0. The highest BCUT2D eigenvalue weighted by Crippen LogP contribution is 2.29. The molecule has 1 aliphatic carbocycles. The van der Waals surface area contributed by atoms with Crippen molar-refractivity contribution in [3.63, 3.8) is 0 Å². The molecule has 104 valence electrons. The first kappa shape index (κ1) is 13.1. The summed E-state index contributed by atoms with van der Waals surface area (Å²) in [5, 5.41) is 3.69. The highest BCUT2D eigenvalue weighted by atomic mass is 16.5. The summed E-state index contributed by atoms with van der Waals surface area (Å²) in [5.74, 6) is 0. The lowest BCUT2D eigenvalue weighted by Gasteiger charge is -2.16. The van der Waals surface area contributed by atoms with E-state index in [4.69, 9.17) is 4.74 Å². The molecule has 2 fully saturated rings. The minimum absolute atomic E-state index is 0.680. The Morgan fingerprint density at radius 1 is 1.16 bits per heavy atom. The zero-order valence-electron chi connectivity index (χ0n) is 11.8. The fourth-order valence-corrected chi connectivity index (χ4v) is 2.91. The molecule has 0 bridgehead atoms. The summed E-state index contributed by atoms with van der Waals surface area (Å²) in [6.45, 7) is 4.21. The first-order chi connectivity index (χ1) is 9.35. The number of benzene rings is 1. The number of methoxy groups -OCH3 is 1. The van der Waals surface area contributed by atoms with Gasteiger partial charge in [-0.1, -0.05) is 24.3 Å². The third kappa shape index (κ3) is 3.56. The zero-order chi connectivity index (χ0) is 13.1. The molecule has 0 radical (unpaired) electrons. The highest BCUT2D eigenvalue weighted by molar-refractivity contribution is 5.22. The van der Waals surface area contributed by atoms with Crippen LogP contribution in [0.15, 0.2) is 24.3 Å². The summed E-state index contributed by atoms with van der Waals surface area (Å²) in [4.78, 5) is 2.65. The molecule has 3 heteroatoms. The SMILES string of the molecule is COCc1ccc(CNC2CCN(C3CC3)C2)cc1. The van der Waals surface area contributed by atoms with Gasteiger partial charge in [-0.25, -0.2) is 0 Å². The van der Waals surface area contributed by atoms with Crippen molar-refractivity contribution >= 4 is 0 Å². The van der Waals surface area contributed by atoms with Gasteiger partial charge >= 0.3 is 0 Å². The summed E-state index contributed by atoms with van der Waals surface area (Å²) in [7, 11) is 1.74.